The number of aryl methyl sites for hydroxylation is 1. The highest BCUT2D eigenvalue weighted by Crippen LogP contribution is 2.19. The van der Waals surface area contributed by atoms with Crippen molar-refractivity contribution in [1.82, 2.24) is 19.7 Å². The molecule has 108 valence electrons. The summed E-state index contributed by atoms with van der Waals surface area (Å²) in [7, 11) is 1.68. The van der Waals surface area contributed by atoms with Crippen LogP contribution in [0.4, 0.5) is 11.5 Å². The topological polar surface area (TPSA) is 64.9 Å². The van der Waals surface area contributed by atoms with Crippen molar-refractivity contribution in [2.24, 2.45) is 0 Å². The van der Waals surface area contributed by atoms with Gasteiger partial charge in [0.1, 0.15) is 0 Å². The molecule has 0 aliphatic rings. The molecule has 0 bridgehead atoms. The Morgan fingerprint density at radius 2 is 1.95 bits per heavy atom. The maximum absolute atomic E-state index is 5.04. The van der Waals surface area contributed by atoms with Gasteiger partial charge in [0.15, 0.2) is 5.82 Å². The van der Waals surface area contributed by atoms with Crippen LogP contribution in [0.2, 0.25) is 0 Å². The molecule has 0 amide bonds. The second kappa shape index (κ2) is 5.88. The Hall–Kier alpha value is -2.47. The largest absolute Gasteiger partial charge is 0.383 e. The summed E-state index contributed by atoms with van der Waals surface area (Å²) in [5.41, 5.74) is 3.52. The number of rotatable bonds is 5. The number of nitrogens with one attached hydrogen (secondary N) is 1. The van der Waals surface area contributed by atoms with E-state index in [1.165, 1.54) is 0 Å². The summed E-state index contributed by atoms with van der Waals surface area (Å²) in [4.78, 5) is 9.16. The maximum atomic E-state index is 5.04. The average molecular weight is 283 g/mol. The number of anilines is 2. The Labute approximate surface area is 122 Å². The third kappa shape index (κ3) is 3.00. The number of hydrogen-bond donors (Lipinski definition) is 1. The van der Waals surface area contributed by atoms with E-state index in [1.54, 1.807) is 13.3 Å². The summed E-state index contributed by atoms with van der Waals surface area (Å²) < 4.78 is 6.87. The van der Waals surface area contributed by atoms with Gasteiger partial charge in [-0.15, -0.1) is 0 Å². The van der Waals surface area contributed by atoms with Crippen molar-refractivity contribution in [2.75, 3.05) is 19.0 Å². The van der Waals surface area contributed by atoms with Crippen LogP contribution in [-0.4, -0.2) is 33.5 Å². The van der Waals surface area contributed by atoms with Crippen molar-refractivity contribution in [3.05, 3.63) is 42.4 Å². The third-order valence-electron chi connectivity index (χ3n) is 3.17. The Kier molecular flexibility index (Phi) is 3.79. The number of para-hydroxylation sites is 2. The van der Waals surface area contributed by atoms with Crippen LogP contribution in [0.1, 0.15) is 5.69 Å². The number of aromatic nitrogens is 4. The SMILES string of the molecule is COCCn1cc(Nc2nc3ccccc3nc2C)cn1. The van der Waals surface area contributed by atoms with E-state index in [-0.39, 0.29) is 0 Å². The number of benzene rings is 1. The number of methoxy groups -OCH3 is 1. The molecular formula is C15H17N5O. The van der Waals surface area contributed by atoms with Crippen LogP contribution in [-0.2, 0) is 11.3 Å². The predicted molar refractivity (Wildman–Crippen MR) is 81.7 cm³/mol. The summed E-state index contributed by atoms with van der Waals surface area (Å²) in [5.74, 6) is 0.750. The maximum Gasteiger partial charge on any atom is 0.152 e. The first-order valence-corrected chi connectivity index (χ1v) is 6.78. The van der Waals surface area contributed by atoms with Crippen molar-refractivity contribution in [2.45, 2.75) is 13.5 Å². The molecule has 2 aromatic heterocycles. The van der Waals surface area contributed by atoms with Crippen molar-refractivity contribution >= 4 is 22.5 Å². The second-order valence-electron chi connectivity index (χ2n) is 4.76. The van der Waals surface area contributed by atoms with Gasteiger partial charge in [-0.3, -0.25) is 4.68 Å². The Morgan fingerprint density at radius 1 is 1.19 bits per heavy atom. The zero-order chi connectivity index (χ0) is 14.7. The molecule has 21 heavy (non-hydrogen) atoms. The minimum atomic E-state index is 0.635. The molecular weight excluding hydrogens is 266 g/mol. The predicted octanol–water partition coefficient (Wildman–Crippen LogP) is 2.52. The zero-order valence-electron chi connectivity index (χ0n) is 12.1. The van der Waals surface area contributed by atoms with Crippen LogP contribution in [0.3, 0.4) is 0 Å². The monoisotopic (exact) mass is 283 g/mol. The normalized spacial score (nSPS) is 11.0. The van der Waals surface area contributed by atoms with Crippen molar-refractivity contribution in [1.29, 1.82) is 0 Å². The Balaban J connectivity index is 1.83. The zero-order valence-corrected chi connectivity index (χ0v) is 12.1. The van der Waals surface area contributed by atoms with E-state index in [1.807, 2.05) is 42.1 Å². The standard InChI is InChI=1S/C15H17N5O/c1-11-15(19-14-6-4-3-5-13(14)17-11)18-12-9-16-20(10-12)7-8-21-2/h3-6,9-10H,7-8H2,1-2H3,(H,18,19). The number of ether oxygens (including phenoxy) is 1. The van der Waals surface area contributed by atoms with Crippen molar-refractivity contribution in [3.63, 3.8) is 0 Å². The lowest BCUT2D eigenvalue weighted by Gasteiger charge is -2.07. The first kappa shape index (κ1) is 13.5. The molecule has 0 atom stereocenters. The Bertz CT molecular complexity index is 753. The lowest BCUT2D eigenvalue weighted by atomic mass is 10.3. The summed E-state index contributed by atoms with van der Waals surface area (Å²) in [6.45, 7) is 3.30. The fraction of sp³-hybridized carbons (Fsp3) is 0.267. The smallest absolute Gasteiger partial charge is 0.152 e. The molecule has 1 aromatic carbocycles. The van der Waals surface area contributed by atoms with Crippen molar-refractivity contribution < 1.29 is 4.74 Å². The van der Waals surface area contributed by atoms with E-state index in [0.29, 0.717) is 6.61 Å². The van der Waals surface area contributed by atoms with E-state index < -0.39 is 0 Å². The molecule has 0 spiro atoms. The van der Waals surface area contributed by atoms with Crippen LogP contribution < -0.4 is 5.32 Å². The highest BCUT2D eigenvalue weighted by atomic mass is 16.5. The molecule has 0 aliphatic carbocycles. The molecule has 0 radical (unpaired) electrons. The van der Waals surface area contributed by atoms with Gasteiger partial charge in [-0.1, -0.05) is 12.1 Å². The molecule has 0 unspecified atom stereocenters. The summed E-state index contributed by atoms with van der Waals surface area (Å²) >= 11 is 0. The van der Waals surface area contributed by atoms with Crippen LogP contribution in [0.15, 0.2) is 36.7 Å². The molecule has 3 rings (SSSR count). The summed E-state index contributed by atoms with van der Waals surface area (Å²) in [6, 6.07) is 7.83. The fourth-order valence-corrected chi connectivity index (χ4v) is 2.08. The van der Waals surface area contributed by atoms with Gasteiger partial charge in [0, 0.05) is 13.3 Å². The second-order valence-corrected chi connectivity index (χ2v) is 4.76. The minimum Gasteiger partial charge on any atom is -0.383 e. The summed E-state index contributed by atoms with van der Waals surface area (Å²) in [5, 5.41) is 7.53. The van der Waals surface area contributed by atoms with E-state index >= 15 is 0 Å². The molecule has 3 aromatic rings. The molecule has 6 nitrogen and oxygen atoms in total. The molecule has 0 saturated carbocycles. The van der Waals surface area contributed by atoms with Crippen molar-refractivity contribution in [3.8, 4) is 0 Å². The van der Waals surface area contributed by atoms with E-state index in [4.69, 9.17) is 4.74 Å². The molecule has 6 heteroatoms. The van der Waals surface area contributed by atoms with Gasteiger partial charge in [0.2, 0.25) is 0 Å². The molecule has 0 aliphatic heterocycles. The minimum absolute atomic E-state index is 0.635. The van der Waals surface area contributed by atoms with E-state index in [0.717, 1.165) is 34.8 Å². The summed E-state index contributed by atoms with van der Waals surface area (Å²) in [6.07, 6.45) is 3.70. The first-order chi connectivity index (χ1) is 10.3. The molecule has 2 heterocycles. The Morgan fingerprint density at radius 3 is 2.71 bits per heavy atom. The quantitative estimate of drug-likeness (QED) is 0.779. The van der Waals surface area contributed by atoms with Crippen LogP contribution in [0, 0.1) is 6.92 Å². The number of nitrogens with zero attached hydrogens (tertiary/aromatic N) is 4. The highest BCUT2D eigenvalue weighted by molar-refractivity contribution is 5.77. The van der Waals surface area contributed by atoms with Gasteiger partial charge in [-0.2, -0.15) is 5.10 Å². The fourth-order valence-electron chi connectivity index (χ4n) is 2.08. The molecule has 1 N–H and O–H groups in total. The lowest BCUT2D eigenvalue weighted by molar-refractivity contribution is 0.183. The van der Waals surface area contributed by atoms with Crippen LogP contribution >= 0.6 is 0 Å². The number of hydrogen-bond acceptors (Lipinski definition) is 5. The van der Waals surface area contributed by atoms with Gasteiger partial charge < -0.3 is 10.1 Å². The first-order valence-electron chi connectivity index (χ1n) is 6.78. The van der Waals surface area contributed by atoms with Gasteiger partial charge in [0.25, 0.3) is 0 Å². The number of fused-ring (bicyclic) bond motifs is 1. The average Bonchev–Trinajstić information content (AvgIpc) is 2.93. The van der Waals surface area contributed by atoms with E-state index in [9.17, 15) is 0 Å². The molecule has 0 fully saturated rings. The van der Waals surface area contributed by atoms with Crippen LogP contribution in [0.25, 0.3) is 11.0 Å². The van der Waals surface area contributed by atoms with Gasteiger partial charge >= 0.3 is 0 Å². The van der Waals surface area contributed by atoms with Gasteiger partial charge in [-0.05, 0) is 19.1 Å². The van der Waals surface area contributed by atoms with Gasteiger partial charge in [-0.25, -0.2) is 9.97 Å². The van der Waals surface area contributed by atoms with E-state index in [2.05, 4.69) is 20.4 Å². The lowest BCUT2D eigenvalue weighted by Crippen LogP contribution is -2.04. The molecule has 0 saturated heterocycles. The third-order valence-corrected chi connectivity index (χ3v) is 3.17. The van der Waals surface area contributed by atoms with Gasteiger partial charge in [0.05, 0.1) is 41.8 Å². The highest BCUT2D eigenvalue weighted by Gasteiger charge is 2.06. The van der Waals surface area contributed by atoms with Crippen LogP contribution in [0.5, 0.6) is 0 Å².